The minimum atomic E-state index is 0.872. The molecule has 2 aromatic heterocycles. The van der Waals surface area contributed by atoms with Crippen LogP contribution in [0, 0.1) is 0 Å². The second kappa shape index (κ2) is 13.1. The zero-order valence-electron chi connectivity index (χ0n) is 30.3. The maximum Gasteiger partial charge on any atom is 0.137 e. The van der Waals surface area contributed by atoms with Crippen LogP contribution in [0.3, 0.4) is 0 Å². The van der Waals surface area contributed by atoms with Gasteiger partial charge in [-0.15, -0.1) is 0 Å². The fourth-order valence-corrected chi connectivity index (χ4v) is 8.12. The zero-order chi connectivity index (χ0) is 37.0. The van der Waals surface area contributed by atoms with Gasteiger partial charge in [-0.25, -0.2) is 9.97 Å². The van der Waals surface area contributed by atoms with E-state index in [9.17, 15) is 0 Å². The van der Waals surface area contributed by atoms with E-state index in [4.69, 9.17) is 14.4 Å². The molecule has 0 aliphatic rings. The van der Waals surface area contributed by atoms with Gasteiger partial charge in [-0.05, 0) is 81.9 Å². The number of benzene rings is 9. The first-order valence-corrected chi connectivity index (χ1v) is 18.9. The predicted molar refractivity (Wildman–Crippen MR) is 233 cm³/mol. The van der Waals surface area contributed by atoms with Gasteiger partial charge >= 0.3 is 0 Å². The first-order chi connectivity index (χ1) is 27.7. The van der Waals surface area contributed by atoms with Gasteiger partial charge in [-0.2, -0.15) is 0 Å². The third-order valence-corrected chi connectivity index (χ3v) is 10.8. The number of anilines is 3. The number of fused-ring (bicyclic) bond motifs is 8. The minimum Gasteiger partial charge on any atom is -0.456 e. The number of hydrogen-bond donors (Lipinski definition) is 0. The van der Waals surface area contributed by atoms with Crippen LogP contribution in [0.5, 0.6) is 0 Å². The highest BCUT2D eigenvalue weighted by Gasteiger charge is 2.18. The summed E-state index contributed by atoms with van der Waals surface area (Å²) >= 11 is 0. The molecule has 9 aromatic carbocycles. The Balaban J connectivity index is 1.00. The summed E-state index contributed by atoms with van der Waals surface area (Å²) in [5.41, 5.74) is 12.9. The molecule has 11 aromatic rings. The molecule has 56 heavy (non-hydrogen) atoms. The summed E-state index contributed by atoms with van der Waals surface area (Å²) < 4.78 is 6.29. The minimum absolute atomic E-state index is 0.872. The van der Waals surface area contributed by atoms with E-state index >= 15 is 0 Å². The predicted octanol–water partition coefficient (Wildman–Crippen LogP) is 14.3. The fraction of sp³-hybridized carbons (Fsp3) is 0. The molecule has 0 aliphatic carbocycles. The first-order valence-electron chi connectivity index (χ1n) is 18.9. The van der Waals surface area contributed by atoms with E-state index < -0.39 is 0 Å². The van der Waals surface area contributed by atoms with Gasteiger partial charge < -0.3 is 9.32 Å². The Labute approximate surface area is 323 Å². The van der Waals surface area contributed by atoms with Gasteiger partial charge in [0.05, 0.1) is 22.4 Å². The summed E-state index contributed by atoms with van der Waals surface area (Å²) in [5.74, 6) is 0. The molecule has 4 heteroatoms. The van der Waals surface area contributed by atoms with Crippen LogP contribution in [-0.2, 0) is 0 Å². The molecule has 11 rings (SSSR count). The summed E-state index contributed by atoms with van der Waals surface area (Å²) in [6.45, 7) is 0. The molecule has 4 nitrogen and oxygen atoms in total. The molecule has 262 valence electrons. The number of para-hydroxylation sites is 2. The SMILES string of the molecule is c1ccc(-c2nc3ccc4ccc5cc(-c6ccc(N(c7ccccc7)c7ccc8c(c7)oc7ccccc78)cc6)ccc5c4c3nc2-c2ccccc2)cc1. The Morgan fingerprint density at radius 3 is 1.70 bits per heavy atom. The average molecular weight is 716 g/mol. The van der Waals surface area contributed by atoms with E-state index in [1.54, 1.807) is 0 Å². The quantitative estimate of drug-likeness (QED) is 0.161. The van der Waals surface area contributed by atoms with Crippen molar-refractivity contribution in [2.24, 2.45) is 0 Å². The molecule has 2 heterocycles. The molecule has 0 N–H and O–H groups in total. The Morgan fingerprint density at radius 2 is 0.929 bits per heavy atom. The van der Waals surface area contributed by atoms with Gasteiger partial charge in [0.25, 0.3) is 0 Å². The van der Waals surface area contributed by atoms with Crippen molar-refractivity contribution in [2.75, 3.05) is 4.90 Å². The van der Waals surface area contributed by atoms with E-state index in [0.717, 1.165) is 105 Å². The summed E-state index contributed by atoms with van der Waals surface area (Å²) in [5, 5.41) is 6.82. The van der Waals surface area contributed by atoms with Crippen LogP contribution in [0.2, 0.25) is 0 Å². The maximum atomic E-state index is 6.29. The lowest BCUT2D eigenvalue weighted by Gasteiger charge is -2.25. The maximum absolute atomic E-state index is 6.29. The van der Waals surface area contributed by atoms with Crippen LogP contribution in [0.15, 0.2) is 205 Å². The van der Waals surface area contributed by atoms with Crippen molar-refractivity contribution in [3.8, 4) is 33.6 Å². The monoisotopic (exact) mass is 715 g/mol. The van der Waals surface area contributed by atoms with Crippen molar-refractivity contribution >= 4 is 71.6 Å². The Kier molecular flexibility index (Phi) is 7.46. The highest BCUT2D eigenvalue weighted by molar-refractivity contribution is 6.19. The largest absolute Gasteiger partial charge is 0.456 e. The number of hydrogen-bond acceptors (Lipinski definition) is 4. The normalized spacial score (nSPS) is 11.6. The highest BCUT2D eigenvalue weighted by Crippen LogP contribution is 2.40. The van der Waals surface area contributed by atoms with Crippen LogP contribution in [-0.4, -0.2) is 9.97 Å². The van der Waals surface area contributed by atoms with E-state index in [1.165, 1.54) is 0 Å². The van der Waals surface area contributed by atoms with Crippen molar-refractivity contribution in [1.82, 2.24) is 9.97 Å². The van der Waals surface area contributed by atoms with Gasteiger partial charge in [0.1, 0.15) is 11.2 Å². The molecular formula is C52H33N3O. The van der Waals surface area contributed by atoms with Crippen LogP contribution in [0.1, 0.15) is 0 Å². The number of furan rings is 1. The molecule has 0 radical (unpaired) electrons. The van der Waals surface area contributed by atoms with Crippen LogP contribution >= 0.6 is 0 Å². The molecule has 0 aliphatic heterocycles. The Bertz CT molecular complexity index is 3230. The van der Waals surface area contributed by atoms with Crippen LogP contribution in [0.4, 0.5) is 17.1 Å². The van der Waals surface area contributed by atoms with E-state index in [0.29, 0.717) is 0 Å². The second-order valence-corrected chi connectivity index (χ2v) is 14.2. The topological polar surface area (TPSA) is 42.2 Å². The Morgan fingerprint density at radius 1 is 0.357 bits per heavy atom. The third kappa shape index (κ3) is 5.39. The van der Waals surface area contributed by atoms with Crippen molar-refractivity contribution in [1.29, 1.82) is 0 Å². The van der Waals surface area contributed by atoms with E-state index in [2.05, 4.69) is 181 Å². The lowest BCUT2D eigenvalue weighted by Crippen LogP contribution is -2.09. The standard InChI is InChI=1S/C52H33N3O/c1-4-12-36(13-5-1)50-51(37-14-6-2-7-15-37)54-52-46(53-50)31-25-35-20-21-39-32-38(24-29-43(39)49(35)52)34-22-26-41(27-23-34)55(40-16-8-3-9-17-40)42-28-30-45-44-18-10-11-19-47(44)56-48(45)33-42/h1-33H. The van der Waals surface area contributed by atoms with Crippen molar-refractivity contribution in [2.45, 2.75) is 0 Å². The fourth-order valence-electron chi connectivity index (χ4n) is 8.12. The molecule has 0 saturated carbocycles. The second-order valence-electron chi connectivity index (χ2n) is 14.2. The molecule has 0 fully saturated rings. The molecule has 0 unspecified atom stereocenters. The van der Waals surface area contributed by atoms with Gasteiger partial charge in [0, 0.05) is 50.4 Å². The lowest BCUT2D eigenvalue weighted by atomic mass is 9.96. The highest BCUT2D eigenvalue weighted by atomic mass is 16.3. The summed E-state index contributed by atoms with van der Waals surface area (Å²) in [7, 11) is 0. The molecular weight excluding hydrogens is 683 g/mol. The van der Waals surface area contributed by atoms with Gasteiger partial charge in [-0.3, -0.25) is 0 Å². The van der Waals surface area contributed by atoms with Crippen molar-refractivity contribution < 1.29 is 4.42 Å². The van der Waals surface area contributed by atoms with Crippen LogP contribution < -0.4 is 4.90 Å². The van der Waals surface area contributed by atoms with Crippen molar-refractivity contribution in [3.05, 3.63) is 200 Å². The molecule has 0 bridgehead atoms. The zero-order valence-corrected chi connectivity index (χ0v) is 30.3. The smallest absolute Gasteiger partial charge is 0.137 e. The Hall–Kier alpha value is -7.56. The third-order valence-electron chi connectivity index (χ3n) is 10.8. The van der Waals surface area contributed by atoms with Crippen LogP contribution in [0.25, 0.3) is 88.2 Å². The molecule has 0 amide bonds. The number of aromatic nitrogens is 2. The first kappa shape index (κ1) is 31.9. The summed E-state index contributed by atoms with van der Waals surface area (Å²) in [4.78, 5) is 13.0. The molecule has 0 spiro atoms. The molecule has 0 saturated heterocycles. The lowest BCUT2D eigenvalue weighted by molar-refractivity contribution is 0.669. The van der Waals surface area contributed by atoms with E-state index in [-0.39, 0.29) is 0 Å². The summed E-state index contributed by atoms with van der Waals surface area (Å²) in [6.07, 6.45) is 0. The number of nitrogens with zero attached hydrogens (tertiary/aromatic N) is 3. The van der Waals surface area contributed by atoms with E-state index in [1.807, 2.05) is 24.3 Å². The average Bonchev–Trinajstić information content (AvgIpc) is 3.65. The van der Waals surface area contributed by atoms with Gasteiger partial charge in [0.2, 0.25) is 0 Å². The van der Waals surface area contributed by atoms with Gasteiger partial charge in [-0.1, -0.05) is 140 Å². The molecule has 0 atom stereocenters. The van der Waals surface area contributed by atoms with Crippen molar-refractivity contribution in [3.63, 3.8) is 0 Å². The van der Waals surface area contributed by atoms with Gasteiger partial charge in [0.15, 0.2) is 0 Å². The summed E-state index contributed by atoms with van der Waals surface area (Å²) in [6, 6.07) is 70.2. The number of rotatable bonds is 6.